The van der Waals surface area contributed by atoms with Crippen LogP contribution >= 0.6 is 0 Å². The number of aliphatic hydroxyl groups excluding tert-OH is 1. The summed E-state index contributed by atoms with van der Waals surface area (Å²) in [7, 11) is 0. The van der Waals surface area contributed by atoms with E-state index in [2.05, 4.69) is 0 Å². The van der Waals surface area contributed by atoms with Crippen LogP contribution in [0.3, 0.4) is 0 Å². The van der Waals surface area contributed by atoms with Crippen LogP contribution in [-0.4, -0.2) is 5.11 Å². The minimum atomic E-state index is -2.68. The van der Waals surface area contributed by atoms with E-state index in [0.717, 1.165) is 0 Å². The molecule has 1 N–H and O–H groups in total. The second kappa shape index (κ2) is 5.96. The Hall–Kier alpha value is -2.30. The first-order valence-electron chi connectivity index (χ1n) is 5.61. The maximum Gasteiger partial charge on any atom is 0.200 e. The molecular formula is C13HF10O. The molecule has 129 valence electrons. The predicted octanol–water partition coefficient (Wildman–Crippen LogP) is 4.38. The van der Waals surface area contributed by atoms with Gasteiger partial charge >= 0.3 is 0 Å². The van der Waals surface area contributed by atoms with Gasteiger partial charge in [-0.15, -0.1) is 0 Å². The topological polar surface area (TPSA) is 20.2 Å². The first-order chi connectivity index (χ1) is 11.0. The molecule has 2 aromatic rings. The van der Waals surface area contributed by atoms with E-state index >= 15 is 0 Å². The molecule has 0 aliphatic rings. The summed E-state index contributed by atoms with van der Waals surface area (Å²) in [6, 6.07) is 0. The molecule has 1 nitrogen and oxygen atoms in total. The maximum absolute atomic E-state index is 13.5. The summed E-state index contributed by atoms with van der Waals surface area (Å²) in [5, 5.41) is 9.44. The van der Waals surface area contributed by atoms with Crippen molar-refractivity contribution in [2.24, 2.45) is 0 Å². The fourth-order valence-corrected chi connectivity index (χ4v) is 1.75. The van der Waals surface area contributed by atoms with E-state index in [1.54, 1.807) is 0 Å². The van der Waals surface area contributed by atoms with Gasteiger partial charge in [0.05, 0.1) is 11.1 Å². The number of hydrogen-bond donors (Lipinski definition) is 1. The van der Waals surface area contributed by atoms with Gasteiger partial charge in [-0.3, -0.25) is 0 Å². The molecule has 0 atom stereocenters. The summed E-state index contributed by atoms with van der Waals surface area (Å²) in [4.78, 5) is 0. The van der Waals surface area contributed by atoms with Crippen molar-refractivity contribution in [3.8, 4) is 0 Å². The molecule has 0 saturated carbocycles. The molecule has 0 aromatic heterocycles. The molecule has 0 saturated heterocycles. The average molecular weight is 363 g/mol. The van der Waals surface area contributed by atoms with Crippen molar-refractivity contribution in [3.63, 3.8) is 0 Å². The van der Waals surface area contributed by atoms with Crippen LogP contribution < -0.4 is 0 Å². The second-order valence-electron chi connectivity index (χ2n) is 4.24. The smallest absolute Gasteiger partial charge is 0.200 e. The molecule has 24 heavy (non-hydrogen) atoms. The lowest BCUT2D eigenvalue weighted by atomic mass is 9.98. The van der Waals surface area contributed by atoms with Gasteiger partial charge in [-0.25, -0.2) is 43.9 Å². The largest absolute Gasteiger partial charge is 0.376 e. The first-order valence-corrected chi connectivity index (χ1v) is 5.61. The Morgan fingerprint density at radius 2 is 0.542 bits per heavy atom. The summed E-state index contributed by atoms with van der Waals surface area (Å²) in [5.41, 5.74) is -4.51. The van der Waals surface area contributed by atoms with E-state index in [-0.39, 0.29) is 0 Å². The van der Waals surface area contributed by atoms with Gasteiger partial charge in [-0.05, 0) is 0 Å². The van der Waals surface area contributed by atoms with Crippen molar-refractivity contribution < 1.29 is 49.0 Å². The zero-order chi connectivity index (χ0) is 18.5. The summed E-state index contributed by atoms with van der Waals surface area (Å²) < 4.78 is 132. The first kappa shape index (κ1) is 18.0. The van der Waals surface area contributed by atoms with E-state index in [1.807, 2.05) is 0 Å². The monoisotopic (exact) mass is 363 g/mol. The standard InChI is InChI=1S/C13HF10O/c14-3-1(4(15)8(19)11(22)7(3)18)13(24)2-5(16)9(20)12(23)10(21)6(2)17/h24H. The number of aliphatic hydroxyl groups is 1. The van der Waals surface area contributed by atoms with Crippen LogP contribution in [0.2, 0.25) is 0 Å². The highest BCUT2D eigenvalue weighted by molar-refractivity contribution is 5.46. The zero-order valence-corrected chi connectivity index (χ0v) is 10.7. The molecule has 2 rings (SSSR count). The molecule has 0 amide bonds. The highest BCUT2D eigenvalue weighted by atomic mass is 19.2. The van der Waals surface area contributed by atoms with Crippen LogP contribution in [0.15, 0.2) is 0 Å². The highest BCUT2D eigenvalue weighted by Crippen LogP contribution is 2.35. The minimum absolute atomic E-state index is 2.25. The van der Waals surface area contributed by atoms with Crippen LogP contribution in [0, 0.1) is 64.3 Å². The van der Waals surface area contributed by atoms with Gasteiger partial charge in [0.25, 0.3) is 0 Å². The third kappa shape index (κ3) is 2.39. The quantitative estimate of drug-likeness (QED) is 0.477. The van der Waals surface area contributed by atoms with Crippen molar-refractivity contribution in [2.75, 3.05) is 0 Å². The second-order valence-corrected chi connectivity index (χ2v) is 4.24. The summed E-state index contributed by atoms with van der Waals surface area (Å²) in [6.45, 7) is 0. The van der Waals surface area contributed by atoms with Gasteiger partial charge in [0.2, 0.25) is 11.6 Å². The number of halogens is 10. The third-order valence-electron chi connectivity index (χ3n) is 2.89. The van der Waals surface area contributed by atoms with Gasteiger partial charge < -0.3 is 5.11 Å². The summed E-state index contributed by atoms with van der Waals surface area (Å²) in [6.07, 6.45) is -2.37. The van der Waals surface area contributed by atoms with Gasteiger partial charge in [0, 0.05) is 0 Å². The third-order valence-corrected chi connectivity index (χ3v) is 2.89. The minimum Gasteiger partial charge on any atom is -0.376 e. The van der Waals surface area contributed by atoms with Crippen molar-refractivity contribution in [1.82, 2.24) is 0 Å². The van der Waals surface area contributed by atoms with Gasteiger partial charge in [0.1, 0.15) is 0 Å². The molecule has 1 radical (unpaired) electrons. The van der Waals surface area contributed by atoms with E-state index < -0.39 is 75.4 Å². The molecule has 0 aliphatic carbocycles. The Morgan fingerprint density at radius 1 is 0.375 bits per heavy atom. The fourth-order valence-electron chi connectivity index (χ4n) is 1.75. The Balaban J connectivity index is 2.84. The number of benzene rings is 2. The molecule has 11 heteroatoms. The molecule has 2 aromatic carbocycles. The number of rotatable bonds is 2. The summed E-state index contributed by atoms with van der Waals surface area (Å²) >= 11 is 0. The van der Waals surface area contributed by atoms with Crippen LogP contribution in [-0.2, 0) is 0 Å². The van der Waals surface area contributed by atoms with Crippen LogP contribution in [0.4, 0.5) is 43.9 Å². The molecule has 0 unspecified atom stereocenters. The Kier molecular flexibility index (Phi) is 4.48. The fraction of sp³-hybridized carbons (Fsp3) is 0. The molecule has 0 aliphatic heterocycles. The lowest BCUT2D eigenvalue weighted by Gasteiger charge is -2.16. The lowest BCUT2D eigenvalue weighted by Crippen LogP contribution is -2.17. The SMILES string of the molecule is O[C](c1c(F)c(F)c(F)c(F)c1F)c1c(F)c(F)c(F)c(F)c1F. The van der Waals surface area contributed by atoms with Gasteiger partial charge in [-0.1, -0.05) is 0 Å². The predicted molar refractivity (Wildman–Crippen MR) is 55.8 cm³/mol. The van der Waals surface area contributed by atoms with Crippen LogP contribution in [0.5, 0.6) is 0 Å². The average Bonchev–Trinajstić information content (AvgIpc) is 2.55. The van der Waals surface area contributed by atoms with Crippen molar-refractivity contribution >= 4 is 0 Å². The Morgan fingerprint density at radius 3 is 0.750 bits per heavy atom. The molecule has 0 fully saturated rings. The molecule has 0 bridgehead atoms. The van der Waals surface area contributed by atoms with Crippen molar-refractivity contribution in [2.45, 2.75) is 0 Å². The molecular weight excluding hydrogens is 362 g/mol. The summed E-state index contributed by atoms with van der Waals surface area (Å²) in [5.74, 6) is -26.6. The van der Waals surface area contributed by atoms with Gasteiger partial charge in [-0.2, -0.15) is 0 Å². The number of hydrogen-bond acceptors (Lipinski definition) is 1. The van der Waals surface area contributed by atoms with E-state index in [1.165, 1.54) is 0 Å². The van der Waals surface area contributed by atoms with Crippen LogP contribution in [0.1, 0.15) is 11.1 Å². The highest BCUT2D eigenvalue weighted by Gasteiger charge is 2.37. The van der Waals surface area contributed by atoms with Crippen molar-refractivity contribution in [1.29, 1.82) is 0 Å². The Labute approximate surface area is 125 Å². The van der Waals surface area contributed by atoms with E-state index in [9.17, 15) is 49.0 Å². The molecule has 0 heterocycles. The Bertz CT molecular complexity index is 720. The van der Waals surface area contributed by atoms with Gasteiger partial charge in [0.15, 0.2) is 52.6 Å². The molecule has 0 spiro atoms. The van der Waals surface area contributed by atoms with E-state index in [4.69, 9.17) is 0 Å². The van der Waals surface area contributed by atoms with E-state index in [0.29, 0.717) is 0 Å². The maximum atomic E-state index is 13.5. The zero-order valence-electron chi connectivity index (χ0n) is 10.7. The van der Waals surface area contributed by atoms with Crippen molar-refractivity contribution in [3.05, 3.63) is 75.4 Å². The normalized spacial score (nSPS) is 11.5. The lowest BCUT2D eigenvalue weighted by molar-refractivity contribution is 0.298. The van der Waals surface area contributed by atoms with Crippen LogP contribution in [0.25, 0.3) is 0 Å².